The molecule has 154 valence electrons. The van der Waals surface area contributed by atoms with E-state index in [-0.39, 0.29) is 17.7 Å². The predicted molar refractivity (Wildman–Crippen MR) is 108 cm³/mol. The van der Waals surface area contributed by atoms with E-state index in [1.165, 1.54) is 4.90 Å². The van der Waals surface area contributed by atoms with Crippen LogP contribution >= 0.6 is 0 Å². The van der Waals surface area contributed by atoms with Crippen molar-refractivity contribution in [2.24, 2.45) is 17.1 Å². The first-order chi connectivity index (χ1) is 14.2. The lowest BCUT2D eigenvalue weighted by Gasteiger charge is -2.19. The number of hydrogen-bond acceptors (Lipinski definition) is 5. The lowest BCUT2D eigenvalue weighted by Crippen LogP contribution is -2.37. The fraction of sp³-hybridized carbons (Fsp3) is 0.455. The van der Waals surface area contributed by atoms with E-state index >= 15 is 0 Å². The van der Waals surface area contributed by atoms with Gasteiger partial charge < -0.3 is 15.7 Å². The molecule has 8 heteroatoms. The van der Waals surface area contributed by atoms with Crippen molar-refractivity contribution in [1.29, 1.82) is 0 Å². The number of aliphatic hydroxyl groups is 1. The molecule has 1 saturated carbocycles. The summed E-state index contributed by atoms with van der Waals surface area (Å²) in [6.07, 6.45) is 4.66. The summed E-state index contributed by atoms with van der Waals surface area (Å²) in [5.41, 5.74) is 6.99. The molecule has 2 aliphatic carbocycles. The van der Waals surface area contributed by atoms with Gasteiger partial charge in [0, 0.05) is 37.3 Å². The van der Waals surface area contributed by atoms with Crippen LogP contribution in [0, 0.1) is 23.2 Å². The van der Waals surface area contributed by atoms with E-state index in [0.29, 0.717) is 29.5 Å². The van der Waals surface area contributed by atoms with Gasteiger partial charge in [-0.1, -0.05) is 18.8 Å². The van der Waals surface area contributed by atoms with E-state index in [1.54, 1.807) is 30.1 Å². The smallest absolute Gasteiger partial charge is 0.269 e. The van der Waals surface area contributed by atoms with Gasteiger partial charge in [-0.15, -0.1) is 0 Å². The monoisotopic (exact) mass is 405 g/mol. The second-order valence-corrected chi connectivity index (χ2v) is 8.98. The van der Waals surface area contributed by atoms with E-state index in [2.05, 4.69) is 28.8 Å². The number of hydrogen-bond donors (Lipinski definition) is 2. The molecule has 3 atom stereocenters. The number of carbonyl (C=O) groups is 2. The zero-order chi connectivity index (χ0) is 21.3. The highest BCUT2D eigenvalue weighted by Gasteiger charge is 2.54. The van der Waals surface area contributed by atoms with Gasteiger partial charge in [-0.05, 0) is 42.7 Å². The van der Waals surface area contributed by atoms with Crippen molar-refractivity contribution >= 4 is 11.8 Å². The summed E-state index contributed by atoms with van der Waals surface area (Å²) >= 11 is 0. The maximum atomic E-state index is 12.1. The molecule has 3 N–H and O–H groups in total. The van der Waals surface area contributed by atoms with Gasteiger partial charge in [-0.2, -0.15) is 5.10 Å². The number of rotatable bonds is 2. The Kier molecular flexibility index (Phi) is 3.86. The van der Waals surface area contributed by atoms with Crippen molar-refractivity contribution < 1.29 is 14.7 Å². The normalized spacial score (nSPS) is 29.1. The van der Waals surface area contributed by atoms with Crippen LogP contribution in [0.2, 0.25) is 0 Å². The maximum absolute atomic E-state index is 12.1. The van der Waals surface area contributed by atoms with E-state index in [0.717, 1.165) is 30.5 Å². The van der Waals surface area contributed by atoms with Gasteiger partial charge >= 0.3 is 0 Å². The van der Waals surface area contributed by atoms with Gasteiger partial charge in [0.15, 0.2) is 11.5 Å². The number of pyridine rings is 1. The molecule has 0 radical (unpaired) electrons. The number of likely N-dealkylation sites (tertiary alicyclic amines) is 1. The summed E-state index contributed by atoms with van der Waals surface area (Å²) in [7, 11) is 1.65. The standard InChI is InChI=1S/C22H23N5O3/c1-21-11-14(21)10-15-16(12-21)27(25-18(15)19(23)28)17-9-13(4-7-24-17)3-5-22(30)6-8-26(2)20(22)29/h4,7,9,14,30H,6,8,10-12H2,1-2H3,(H2,23,28)/t14-,21-,22+/m1/s1. The van der Waals surface area contributed by atoms with Crippen LogP contribution < -0.4 is 5.73 Å². The highest BCUT2D eigenvalue weighted by molar-refractivity contribution is 5.93. The molecule has 2 aromatic heterocycles. The maximum Gasteiger partial charge on any atom is 0.269 e. The van der Waals surface area contributed by atoms with E-state index < -0.39 is 11.5 Å². The van der Waals surface area contributed by atoms with Crippen LogP contribution in [-0.4, -0.2) is 55.8 Å². The number of likely N-dealkylation sites (N-methyl/N-ethyl adjacent to an activating group) is 1. The summed E-state index contributed by atoms with van der Waals surface area (Å²) in [4.78, 5) is 30.0. The minimum absolute atomic E-state index is 0.245. The number of nitrogens with zero attached hydrogens (tertiary/aromatic N) is 4. The zero-order valence-electron chi connectivity index (χ0n) is 17.0. The summed E-state index contributed by atoms with van der Waals surface area (Å²) < 4.78 is 1.70. The van der Waals surface area contributed by atoms with Crippen LogP contribution in [0.4, 0.5) is 0 Å². The topological polar surface area (TPSA) is 114 Å². The number of nitrogens with two attached hydrogens (primary N) is 1. The molecule has 0 unspecified atom stereocenters. The quantitative estimate of drug-likeness (QED) is 0.704. The van der Waals surface area contributed by atoms with E-state index in [4.69, 9.17) is 5.73 Å². The van der Waals surface area contributed by atoms with Crippen molar-refractivity contribution in [2.75, 3.05) is 13.6 Å². The number of primary amides is 1. The Morgan fingerprint density at radius 1 is 1.43 bits per heavy atom. The van der Waals surface area contributed by atoms with Gasteiger partial charge in [0.1, 0.15) is 0 Å². The summed E-state index contributed by atoms with van der Waals surface area (Å²) in [5, 5.41) is 15.0. The van der Waals surface area contributed by atoms with Gasteiger partial charge in [0.25, 0.3) is 11.8 Å². The molecule has 2 aromatic rings. The third-order valence-electron chi connectivity index (χ3n) is 6.77. The second kappa shape index (κ2) is 6.16. The van der Waals surface area contributed by atoms with Gasteiger partial charge in [-0.3, -0.25) is 9.59 Å². The van der Waals surface area contributed by atoms with Crippen LogP contribution in [0.15, 0.2) is 18.3 Å². The Morgan fingerprint density at radius 3 is 2.93 bits per heavy atom. The lowest BCUT2D eigenvalue weighted by atomic mass is 9.87. The third-order valence-corrected chi connectivity index (χ3v) is 6.77. The number of amides is 2. The van der Waals surface area contributed by atoms with Crippen LogP contribution in [0.25, 0.3) is 5.82 Å². The SMILES string of the molecule is CN1CC[C@@](O)(C#Cc2ccnc(-n3nc(C(N)=O)c4c3C[C@@]3(C)C[C@H]3C4)c2)C1=O. The molecule has 3 heterocycles. The Hall–Kier alpha value is -3.18. The molecule has 2 amide bonds. The van der Waals surface area contributed by atoms with E-state index in [9.17, 15) is 14.7 Å². The highest BCUT2D eigenvalue weighted by Crippen LogP contribution is 2.59. The molecule has 3 aliphatic rings. The molecule has 1 aliphatic heterocycles. The number of aromatic nitrogens is 3. The Balaban J connectivity index is 1.53. The van der Waals surface area contributed by atoms with Crippen molar-refractivity contribution in [1.82, 2.24) is 19.7 Å². The molecule has 2 fully saturated rings. The molecule has 0 spiro atoms. The Morgan fingerprint density at radius 2 is 2.23 bits per heavy atom. The second-order valence-electron chi connectivity index (χ2n) is 8.98. The minimum atomic E-state index is -1.65. The number of fused-ring (bicyclic) bond motifs is 2. The zero-order valence-corrected chi connectivity index (χ0v) is 17.0. The summed E-state index contributed by atoms with van der Waals surface area (Å²) in [5.74, 6) is 5.82. The van der Waals surface area contributed by atoms with Crippen molar-refractivity contribution in [3.63, 3.8) is 0 Å². The molecule has 5 rings (SSSR count). The first kappa shape index (κ1) is 18.8. The van der Waals surface area contributed by atoms with Crippen molar-refractivity contribution in [2.45, 2.75) is 38.2 Å². The average Bonchev–Trinajstić information content (AvgIpc) is 3.14. The molecule has 30 heavy (non-hydrogen) atoms. The first-order valence-corrected chi connectivity index (χ1v) is 10.1. The summed E-state index contributed by atoms with van der Waals surface area (Å²) in [6.45, 7) is 2.73. The van der Waals surface area contributed by atoms with Crippen LogP contribution in [-0.2, 0) is 17.6 Å². The highest BCUT2D eigenvalue weighted by atomic mass is 16.3. The van der Waals surface area contributed by atoms with Gasteiger partial charge in [0.05, 0.1) is 5.69 Å². The Bertz CT molecular complexity index is 1160. The predicted octanol–water partition coefficient (Wildman–Crippen LogP) is 0.436. The van der Waals surface area contributed by atoms with Crippen LogP contribution in [0.5, 0.6) is 0 Å². The van der Waals surface area contributed by atoms with Gasteiger partial charge in [-0.25, -0.2) is 9.67 Å². The molecular weight excluding hydrogens is 382 g/mol. The van der Waals surface area contributed by atoms with Crippen molar-refractivity contribution in [3.05, 3.63) is 40.8 Å². The van der Waals surface area contributed by atoms with E-state index in [1.807, 2.05) is 0 Å². The van der Waals surface area contributed by atoms with Gasteiger partial charge in [0.2, 0.25) is 5.60 Å². The minimum Gasteiger partial charge on any atom is -0.369 e. The Labute approximate surface area is 174 Å². The van der Waals surface area contributed by atoms with Crippen LogP contribution in [0.1, 0.15) is 47.1 Å². The third kappa shape index (κ3) is 2.81. The van der Waals surface area contributed by atoms with Crippen LogP contribution in [0.3, 0.4) is 0 Å². The summed E-state index contributed by atoms with van der Waals surface area (Å²) in [6, 6.07) is 3.46. The molecule has 8 nitrogen and oxygen atoms in total. The largest absolute Gasteiger partial charge is 0.369 e. The molecule has 0 aromatic carbocycles. The molecular formula is C22H23N5O3. The first-order valence-electron chi connectivity index (χ1n) is 10.1. The average molecular weight is 405 g/mol. The van der Waals surface area contributed by atoms with Crippen molar-refractivity contribution in [3.8, 4) is 17.7 Å². The fourth-order valence-corrected chi connectivity index (χ4v) is 4.69. The number of carbonyl (C=O) groups excluding carboxylic acids is 2. The fourth-order valence-electron chi connectivity index (χ4n) is 4.69. The molecule has 1 saturated heterocycles. The lowest BCUT2D eigenvalue weighted by molar-refractivity contribution is -0.137. The molecule has 0 bridgehead atoms.